The summed E-state index contributed by atoms with van der Waals surface area (Å²) < 4.78 is 3.86. The van der Waals surface area contributed by atoms with Gasteiger partial charge in [-0.15, -0.1) is 0 Å². The van der Waals surface area contributed by atoms with Gasteiger partial charge in [0, 0.05) is 70.2 Å². The minimum atomic E-state index is -0.159. The summed E-state index contributed by atoms with van der Waals surface area (Å²) in [5.41, 5.74) is 19.6. The second-order valence-electron chi connectivity index (χ2n) is 8.02. The number of hydrogen-bond donors (Lipinski definition) is 2. The Hall–Kier alpha value is -3.15. The van der Waals surface area contributed by atoms with Gasteiger partial charge >= 0.3 is 0 Å². The molecule has 0 aliphatic heterocycles. The number of aryl methyl sites for hydroxylation is 2. The normalized spacial score (nSPS) is 11.2. The van der Waals surface area contributed by atoms with Gasteiger partial charge in [-0.25, -0.2) is 0 Å². The number of hydrogen-bond acceptors (Lipinski definition) is 3. The van der Waals surface area contributed by atoms with E-state index in [9.17, 15) is 4.79 Å². The predicted molar refractivity (Wildman–Crippen MR) is 133 cm³/mol. The van der Waals surface area contributed by atoms with Crippen molar-refractivity contribution in [2.75, 3.05) is 11.5 Å². The molecule has 32 heavy (non-hydrogen) atoms. The van der Waals surface area contributed by atoms with Crippen molar-refractivity contribution >= 4 is 40.4 Å². The molecule has 4 aromatic rings. The fourth-order valence-corrected chi connectivity index (χ4v) is 4.54. The molecule has 4 rings (SSSR count). The maximum Gasteiger partial charge on any atom is 0.194 e. The van der Waals surface area contributed by atoms with Gasteiger partial charge in [-0.2, -0.15) is 0 Å². The highest BCUT2D eigenvalue weighted by atomic mass is 35.5. The second-order valence-corrected chi connectivity index (χ2v) is 8.89. The Morgan fingerprint density at radius 2 is 1.12 bits per heavy atom. The lowest BCUT2D eigenvalue weighted by atomic mass is 9.89. The van der Waals surface area contributed by atoms with Crippen LogP contribution in [-0.2, 0) is 14.1 Å². The van der Waals surface area contributed by atoms with Crippen LogP contribution in [0.4, 0.5) is 11.4 Å². The molecule has 0 bridgehead atoms. The molecule has 0 radical (unpaired) electrons. The van der Waals surface area contributed by atoms with E-state index in [0.717, 1.165) is 22.5 Å². The monoisotopic (exact) mass is 466 g/mol. The van der Waals surface area contributed by atoms with Crippen LogP contribution in [0, 0.1) is 13.8 Å². The maximum atomic E-state index is 13.9. The Morgan fingerprint density at radius 3 is 1.44 bits per heavy atom. The number of rotatable bonds is 4. The molecule has 7 heteroatoms. The average Bonchev–Trinajstić information content (AvgIpc) is 3.13. The number of nitrogens with two attached hydrogens (primary N) is 2. The molecule has 0 amide bonds. The predicted octanol–water partition coefficient (Wildman–Crippen LogP) is 6.02. The van der Waals surface area contributed by atoms with Crippen LogP contribution in [0.25, 0.3) is 22.3 Å². The van der Waals surface area contributed by atoms with E-state index in [-0.39, 0.29) is 5.78 Å². The fraction of sp³-hybridized carbons (Fsp3) is 0.160. The van der Waals surface area contributed by atoms with Gasteiger partial charge in [-0.3, -0.25) is 4.79 Å². The van der Waals surface area contributed by atoms with Crippen molar-refractivity contribution in [2.45, 2.75) is 13.8 Å². The van der Waals surface area contributed by atoms with Crippen LogP contribution in [0.15, 0.2) is 48.8 Å². The zero-order valence-electron chi connectivity index (χ0n) is 18.3. The lowest BCUT2D eigenvalue weighted by Gasteiger charge is -2.15. The van der Waals surface area contributed by atoms with Crippen molar-refractivity contribution in [3.05, 3.63) is 81.4 Å². The van der Waals surface area contributed by atoms with E-state index in [1.807, 2.05) is 49.5 Å². The largest absolute Gasteiger partial charge is 0.397 e. The van der Waals surface area contributed by atoms with Crippen LogP contribution in [0.2, 0.25) is 10.0 Å². The van der Waals surface area contributed by atoms with Crippen molar-refractivity contribution < 1.29 is 4.79 Å². The molecule has 4 N–H and O–H groups in total. The Balaban J connectivity index is 1.97. The molecular formula is C25H24Cl2N4O. The number of halogens is 2. The van der Waals surface area contributed by atoms with Crippen molar-refractivity contribution in [1.29, 1.82) is 0 Å². The summed E-state index contributed by atoms with van der Waals surface area (Å²) >= 11 is 12.7. The molecule has 2 aromatic carbocycles. The van der Waals surface area contributed by atoms with E-state index in [1.54, 1.807) is 36.4 Å². The number of carbonyl (C=O) groups excluding carboxylic acids is 1. The summed E-state index contributed by atoms with van der Waals surface area (Å²) in [5, 5.41) is 1.05. The number of ketones is 1. The highest BCUT2D eigenvalue weighted by Gasteiger charge is 2.24. The van der Waals surface area contributed by atoms with Crippen LogP contribution < -0.4 is 11.5 Å². The third kappa shape index (κ3) is 3.57. The lowest BCUT2D eigenvalue weighted by Crippen LogP contribution is -2.07. The summed E-state index contributed by atoms with van der Waals surface area (Å²) in [6.45, 7) is 3.92. The van der Waals surface area contributed by atoms with Crippen molar-refractivity contribution in [3.63, 3.8) is 0 Å². The topological polar surface area (TPSA) is 79.0 Å². The average molecular weight is 467 g/mol. The van der Waals surface area contributed by atoms with Gasteiger partial charge in [0.1, 0.15) is 0 Å². The van der Waals surface area contributed by atoms with Crippen LogP contribution in [0.3, 0.4) is 0 Å². The molecule has 0 aliphatic carbocycles. The smallest absolute Gasteiger partial charge is 0.194 e. The Labute approximate surface area is 197 Å². The van der Waals surface area contributed by atoms with Crippen LogP contribution >= 0.6 is 23.2 Å². The van der Waals surface area contributed by atoms with Gasteiger partial charge in [0.15, 0.2) is 5.78 Å². The molecule has 0 saturated carbocycles. The highest BCUT2D eigenvalue weighted by Crippen LogP contribution is 2.39. The first-order chi connectivity index (χ1) is 15.1. The minimum Gasteiger partial charge on any atom is -0.397 e. The quantitative estimate of drug-likeness (QED) is 0.361. The van der Waals surface area contributed by atoms with Crippen LogP contribution in [0.1, 0.15) is 27.3 Å². The zero-order valence-corrected chi connectivity index (χ0v) is 19.8. The van der Waals surface area contributed by atoms with E-state index in [2.05, 4.69) is 0 Å². The maximum absolute atomic E-state index is 13.9. The molecule has 2 aromatic heterocycles. The van der Waals surface area contributed by atoms with Gasteiger partial charge in [0.05, 0.1) is 11.4 Å². The van der Waals surface area contributed by atoms with Gasteiger partial charge in [-0.1, -0.05) is 23.2 Å². The van der Waals surface area contributed by atoms with E-state index in [4.69, 9.17) is 34.7 Å². The highest BCUT2D eigenvalue weighted by molar-refractivity contribution is 6.32. The Bertz CT molecular complexity index is 1280. The molecule has 164 valence electrons. The van der Waals surface area contributed by atoms with E-state index in [0.29, 0.717) is 43.7 Å². The summed E-state index contributed by atoms with van der Waals surface area (Å²) in [5.74, 6) is -0.159. The van der Waals surface area contributed by atoms with Crippen molar-refractivity contribution in [2.24, 2.45) is 14.1 Å². The SMILES string of the molecule is Cc1c(-c2cc(Cl)ccc2C(=O)c2ccc(Cl)cc2-c2c(N)cn(C)c2C)c(N)cn1C. The zero-order chi connectivity index (χ0) is 23.3. The molecule has 0 saturated heterocycles. The first kappa shape index (κ1) is 22.1. The van der Waals surface area contributed by atoms with Gasteiger partial charge in [0.25, 0.3) is 0 Å². The summed E-state index contributed by atoms with van der Waals surface area (Å²) in [6.07, 6.45) is 3.67. The molecule has 0 aliphatic rings. The molecule has 0 atom stereocenters. The minimum absolute atomic E-state index is 0.159. The number of aromatic nitrogens is 2. The molecular weight excluding hydrogens is 443 g/mol. The number of benzene rings is 2. The number of nitrogen functional groups attached to an aromatic ring is 2. The summed E-state index contributed by atoms with van der Waals surface area (Å²) in [4.78, 5) is 13.9. The second kappa shape index (κ2) is 8.08. The third-order valence-electron chi connectivity index (χ3n) is 6.02. The standard InChI is InChI=1S/C25H24Cl2N4O/c1-13-23(21(28)11-30(13)3)19-9-15(26)5-7-17(19)25(32)18-8-6-16(27)10-20(18)24-14(2)31(4)12-22(24)29/h5-12H,28-29H2,1-4H3. The molecule has 2 heterocycles. The lowest BCUT2D eigenvalue weighted by molar-refractivity contribution is 0.104. The van der Waals surface area contributed by atoms with Crippen LogP contribution in [0.5, 0.6) is 0 Å². The Kier molecular flexibility index (Phi) is 5.57. The van der Waals surface area contributed by atoms with Crippen molar-refractivity contribution in [1.82, 2.24) is 9.13 Å². The molecule has 0 spiro atoms. The van der Waals surface area contributed by atoms with Crippen molar-refractivity contribution in [3.8, 4) is 22.3 Å². The molecule has 0 unspecified atom stereocenters. The number of anilines is 2. The van der Waals surface area contributed by atoms with Gasteiger partial charge < -0.3 is 20.6 Å². The Morgan fingerprint density at radius 1 is 0.750 bits per heavy atom. The van der Waals surface area contributed by atoms with E-state index >= 15 is 0 Å². The van der Waals surface area contributed by atoms with Gasteiger partial charge in [0.2, 0.25) is 0 Å². The fourth-order valence-electron chi connectivity index (χ4n) is 4.20. The number of carbonyl (C=O) groups is 1. The first-order valence-electron chi connectivity index (χ1n) is 10.1. The summed E-state index contributed by atoms with van der Waals surface area (Å²) in [6, 6.07) is 10.5. The van der Waals surface area contributed by atoms with Crippen LogP contribution in [-0.4, -0.2) is 14.9 Å². The molecule has 5 nitrogen and oxygen atoms in total. The third-order valence-corrected chi connectivity index (χ3v) is 6.49. The van der Waals surface area contributed by atoms with E-state index in [1.165, 1.54) is 0 Å². The first-order valence-corrected chi connectivity index (χ1v) is 10.8. The number of nitrogens with zero attached hydrogens (tertiary/aromatic N) is 2. The molecule has 0 fully saturated rings. The van der Waals surface area contributed by atoms with Gasteiger partial charge in [-0.05, 0) is 61.4 Å². The summed E-state index contributed by atoms with van der Waals surface area (Å²) in [7, 11) is 3.83. The van der Waals surface area contributed by atoms with E-state index < -0.39 is 0 Å².